The van der Waals surface area contributed by atoms with Crippen LogP contribution in [0.2, 0.25) is 0 Å². The van der Waals surface area contributed by atoms with Gasteiger partial charge in [-0.15, -0.1) is 0 Å². The Morgan fingerprint density at radius 2 is 2.00 bits per heavy atom. The van der Waals surface area contributed by atoms with Crippen LogP contribution in [0, 0.1) is 17.8 Å². The predicted molar refractivity (Wildman–Crippen MR) is 82.8 cm³/mol. The molecule has 25 heavy (non-hydrogen) atoms. The maximum absolute atomic E-state index is 12.7. The highest BCUT2D eigenvalue weighted by molar-refractivity contribution is 5.74. The molecule has 8 heteroatoms. The lowest BCUT2D eigenvalue weighted by atomic mass is 9.94. The standard InChI is InChI=1S/C17H22F3N3O2/c18-17(19,20)8-23-15(9-1-2-9)13(7-22-23)6-21-14(16(24)25)12-4-10-3-11(10)5-12/h7,9-12,14,21H,1-6,8H2,(H,24,25). The van der Waals surface area contributed by atoms with Crippen LogP contribution in [-0.4, -0.2) is 33.1 Å². The SMILES string of the molecule is O=C(O)C(NCc1cnn(CC(F)(F)F)c1C1CC1)C1CC2CC2C1. The lowest BCUT2D eigenvalue weighted by Gasteiger charge is -2.22. The quantitative estimate of drug-likeness (QED) is 0.787. The van der Waals surface area contributed by atoms with Crippen molar-refractivity contribution in [3.8, 4) is 0 Å². The zero-order valence-electron chi connectivity index (χ0n) is 13.8. The smallest absolute Gasteiger partial charge is 0.408 e. The number of hydrogen-bond acceptors (Lipinski definition) is 3. The van der Waals surface area contributed by atoms with E-state index in [1.807, 2.05) is 0 Å². The summed E-state index contributed by atoms with van der Waals surface area (Å²) in [6.45, 7) is -0.834. The van der Waals surface area contributed by atoms with Crippen LogP contribution in [0.5, 0.6) is 0 Å². The third kappa shape index (κ3) is 3.68. The zero-order chi connectivity index (χ0) is 17.8. The zero-order valence-corrected chi connectivity index (χ0v) is 13.8. The molecule has 1 aromatic rings. The molecule has 4 rings (SSSR count). The molecule has 0 aliphatic heterocycles. The number of carboxylic acids is 1. The van der Waals surface area contributed by atoms with Crippen molar-refractivity contribution in [2.24, 2.45) is 17.8 Å². The fourth-order valence-electron chi connectivity index (χ4n) is 4.40. The number of carbonyl (C=O) groups is 1. The Kier molecular flexibility index (Phi) is 4.05. The van der Waals surface area contributed by atoms with E-state index in [-0.39, 0.29) is 18.4 Å². The van der Waals surface area contributed by atoms with Gasteiger partial charge in [-0.3, -0.25) is 14.8 Å². The Bertz CT molecular complexity index is 659. The molecular weight excluding hydrogens is 335 g/mol. The number of nitrogens with zero attached hydrogens (tertiary/aromatic N) is 2. The maximum Gasteiger partial charge on any atom is 0.408 e. The summed E-state index contributed by atoms with van der Waals surface area (Å²) >= 11 is 0. The molecule has 3 fully saturated rings. The molecular formula is C17H22F3N3O2. The Balaban J connectivity index is 1.45. The van der Waals surface area contributed by atoms with Crippen molar-refractivity contribution in [1.29, 1.82) is 0 Å². The number of hydrogen-bond donors (Lipinski definition) is 2. The van der Waals surface area contributed by atoms with Gasteiger partial charge >= 0.3 is 12.1 Å². The van der Waals surface area contributed by atoms with E-state index in [0.717, 1.165) is 30.4 Å². The van der Waals surface area contributed by atoms with Gasteiger partial charge in [0.2, 0.25) is 0 Å². The number of alkyl halides is 3. The molecule has 3 aliphatic carbocycles. The molecule has 0 radical (unpaired) electrons. The van der Waals surface area contributed by atoms with E-state index in [1.54, 1.807) is 0 Å². The summed E-state index contributed by atoms with van der Waals surface area (Å²) < 4.78 is 39.2. The van der Waals surface area contributed by atoms with Crippen LogP contribution in [0.1, 0.15) is 49.3 Å². The van der Waals surface area contributed by atoms with Gasteiger partial charge in [0.05, 0.1) is 6.20 Å². The minimum Gasteiger partial charge on any atom is -0.480 e. The van der Waals surface area contributed by atoms with Crippen molar-refractivity contribution < 1.29 is 23.1 Å². The van der Waals surface area contributed by atoms with E-state index in [4.69, 9.17) is 0 Å². The molecule has 3 saturated carbocycles. The largest absolute Gasteiger partial charge is 0.480 e. The van der Waals surface area contributed by atoms with E-state index in [1.165, 1.54) is 12.6 Å². The van der Waals surface area contributed by atoms with Crippen molar-refractivity contribution in [2.75, 3.05) is 0 Å². The predicted octanol–water partition coefficient (Wildman–Crippen LogP) is 2.91. The molecule has 0 bridgehead atoms. The molecule has 5 nitrogen and oxygen atoms in total. The van der Waals surface area contributed by atoms with Crippen LogP contribution < -0.4 is 5.32 Å². The fraction of sp³-hybridized carbons (Fsp3) is 0.765. The molecule has 0 spiro atoms. The van der Waals surface area contributed by atoms with E-state index >= 15 is 0 Å². The van der Waals surface area contributed by atoms with E-state index in [9.17, 15) is 23.1 Å². The summed E-state index contributed by atoms with van der Waals surface area (Å²) in [6.07, 6.45) is 1.98. The van der Waals surface area contributed by atoms with Gasteiger partial charge in [-0.2, -0.15) is 18.3 Å². The average molecular weight is 357 g/mol. The molecule has 3 aliphatic rings. The van der Waals surface area contributed by atoms with Gasteiger partial charge in [0.1, 0.15) is 12.6 Å². The van der Waals surface area contributed by atoms with Crippen LogP contribution in [0.15, 0.2) is 6.20 Å². The van der Waals surface area contributed by atoms with E-state index in [2.05, 4.69) is 10.4 Å². The molecule has 0 saturated heterocycles. The number of carboxylic acid groups (broad SMARTS) is 1. The highest BCUT2D eigenvalue weighted by Crippen LogP contribution is 2.55. The van der Waals surface area contributed by atoms with Crippen molar-refractivity contribution in [3.05, 3.63) is 17.5 Å². The minimum absolute atomic E-state index is 0.115. The van der Waals surface area contributed by atoms with Crippen molar-refractivity contribution in [2.45, 2.75) is 63.3 Å². The number of rotatable bonds is 7. The van der Waals surface area contributed by atoms with Gasteiger partial charge in [-0.1, -0.05) is 0 Å². The number of aromatic nitrogens is 2. The Morgan fingerprint density at radius 3 is 2.56 bits per heavy atom. The number of halogens is 3. The van der Waals surface area contributed by atoms with Crippen LogP contribution >= 0.6 is 0 Å². The highest BCUT2D eigenvalue weighted by Gasteiger charge is 2.49. The fourth-order valence-corrected chi connectivity index (χ4v) is 4.40. The van der Waals surface area contributed by atoms with E-state index < -0.39 is 24.7 Å². The highest BCUT2D eigenvalue weighted by atomic mass is 19.4. The maximum atomic E-state index is 12.7. The third-order valence-corrected chi connectivity index (χ3v) is 5.78. The van der Waals surface area contributed by atoms with Crippen molar-refractivity contribution in [3.63, 3.8) is 0 Å². The van der Waals surface area contributed by atoms with Gasteiger partial charge < -0.3 is 5.11 Å². The third-order valence-electron chi connectivity index (χ3n) is 5.78. The van der Waals surface area contributed by atoms with Gasteiger partial charge in [-0.25, -0.2) is 0 Å². The molecule has 2 N–H and O–H groups in total. The molecule has 3 atom stereocenters. The second kappa shape index (κ2) is 6.00. The molecule has 0 amide bonds. The van der Waals surface area contributed by atoms with Gasteiger partial charge in [0, 0.05) is 23.7 Å². The first-order valence-corrected chi connectivity index (χ1v) is 8.89. The van der Waals surface area contributed by atoms with Crippen molar-refractivity contribution >= 4 is 5.97 Å². The number of nitrogens with one attached hydrogen (secondary N) is 1. The Morgan fingerprint density at radius 1 is 1.32 bits per heavy atom. The first-order chi connectivity index (χ1) is 11.8. The summed E-state index contributed by atoms with van der Waals surface area (Å²) in [5, 5.41) is 16.5. The monoisotopic (exact) mass is 357 g/mol. The molecule has 1 heterocycles. The summed E-state index contributed by atoms with van der Waals surface area (Å²) in [6, 6.07) is -0.634. The molecule has 0 aromatic carbocycles. The summed E-state index contributed by atoms with van der Waals surface area (Å²) in [5.41, 5.74) is 1.31. The lowest BCUT2D eigenvalue weighted by molar-refractivity contribution is -0.143. The van der Waals surface area contributed by atoms with Gasteiger partial charge in [-0.05, 0) is 49.9 Å². The molecule has 138 valence electrons. The molecule has 3 unspecified atom stereocenters. The van der Waals surface area contributed by atoms with Crippen LogP contribution in [0.25, 0.3) is 0 Å². The molecule has 1 aromatic heterocycles. The summed E-state index contributed by atoms with van der Waals surface area (Å²) in [5.74, 6) is 0.734. The first-order valence-electron chi connectivity index (χ1n) is 8.89. The Hall–Kier alpha value is -1.57. The summed E-state index contributed by atoms with van der Waals surface area (Å²) in [7, 11) is 0. The Labute approximate surface area is 143 Å². The summed E-state index contributed by atoms with van der Waals surface area (Å²) in [4.78, 5) is 11.6. The van der Waals surface area contributed by atoms with Gasteiger partial charge in [0.25, 0.3) is 0 Å². The minimum atomic E-state index is -4.31. The topological polar surface area (TPSA) is 67.2 Å². The van der Waals surface area contributed by atoms with Crippen LogP contribution in [-0.2, 0) is 17.9 Å². The second-order valence-electron chi connectivity index (χ2n) is 7.79. The second-order valence-corrected chi connectivity index (χ2v) is 7.79. The van der Waals surface area contributed by atoms with Crippen LogP contribution in [0.4, 0.5) is 13.2 Å². The number of aliphatic carboxylic acids is 1. The van der Waals surface area contributed by atoms with Crippen LogP contribution in [0.3, 0.4) is 0 Å². The first kappa shape index (κ1) is 16.9. The lowest BCUT2D eigenvalue weighted by Crippen LogP contribution is -2.42. The number of fused-ring (bicyclic) bond motifs is 1. The average Bonchev–Trinajstić information content (AvgIpc) is 3.41. The normalized spacial score (nSPS) is 29.5. The van der Waals surface area contributed by atoms with Gasteiger partial charge in [0.15, 0.2) is 0 Å². The van der Waals surface area contributed by atoms with Crippen molar-refractivity contribution in [1.82, 2.24) is 15.1 Å². The van der Waals surface area contributed by atoms with E-state index in [0.29, 0.717) is 23.1 Å².